The van der Waals surface area contributed by atoms with Crippen molar-refractivity contribution in [1.29, 1.82) is 5.26 Å². The zero-order valence-electron chi connectivity index (χ0n) is 12.2. The summed E-state index contributed by atoms with van der Waals surface area (Å²) < 4.78 is 5.75. The summed E-state index contributed by atoms with van der Waals surface area (Å²) in [5, 5.41) is 11.6. The van der Waals surface area contributed by atoms with Crippen LogP contribution in [0.5, 0.6) is 0 Å². The number of anilines is 1. The summed E-state index contributed by atoms with van der Waals surface area (Å²) >= 11 is 3.26. The molecule has 0 aliphatic carbocycles. The Kier molecular flexibility index (Phi) is 5.50. The summed E-state index contributed by atoms with van der Waals surface area (Å²) in [5.74, 6) is -1.11. The quantitative estimate of drug-likeness (QED) is 0.832. The number of nitrogens with one attached hydrogen (secondary N) is 1. The number of rotatable bonds is 4. The molecule has 0 radical (unpaired) electrons. The molecule has 23 heavy (non-hydrogen) atoms. The second kappa shape index (κ2) is 7.56. The third-order valence-corrected chi connectivity index (χ3v) is 3.74. The van der Waals surface area contributed by atoms with Gasteiger partial charge in [0.2, 0.25) is 0 Å². The summed E-state index contributed by atoms with van der Waals surface area (Å²) in [6.07, 6.45) is -0.999. The second-order valence-corrected chi connectivity index (χ2v) is 5.53. The molecular weight excluding hydrogens is 360 g/mol. The molecule has 0 saturated carbocycles. The Morgan fingerprint density at radius 1 is 1.17 bits per heavy atom. The topological polar surface area (TPSA) is 79.2 Å². The van der Waals surface area contributed by atoms with Gasteiger partial charge < -0.3 is 10.1 Å². The Labute approximate surface area is 142 Å². The van der Waals surface area contributed by atoms with E-state index < -0.39 is 18.0 Å². The smallest absolute Gasteiger partial charge is 0.340 e. The highest BCUT2D eigenvalue weighted by Gasteiger charge is 2.20. The predicted molar refractivity (Wildman–Crippen MR) is 88.8 cm³/mol. The highest BCUT2D eigenvalue weighted by atomic mass is 79.9. The number of nitriles is 1. The van der Waals surface area contributed by atoms with Gasteiger partial charge in [0.1, 0.15) is 6.07 Å². The van der Waals surface area contributed by atoms with Gasteiger partial charge in [-0.3, -0.25) is 4.79 Å². The van der Waals surface area contributed by atoms with E-state index in [9.17, 15) is 9.59 Å². The maximum Gasteiger partial charge on any atom is 0.340 e. The van der Waals surface area contributed by atoms with Gasteiger partial charge in [-0.05, 0) is 47.1 Å². The molecule has 116 valence electrons. The van der Waals surface area contributed by atoms with Crippen molar-refractivity contribution < 1.29 is 14.3 Å². The summed E-state index contributed by atoms with van der Waals surface area (Å²) in [5.41, 5.74) is 1.05. The maximum absolute atomic E-state index is 12.1. The molecule has 1 N–H and O–H groups in total. The SMILES string of the molecule is CC(OC(=O)c1ccccc1Br)C(=O)Nc1ccccc1C#N. The first-order valence-electron chi connectivity index (χ1n) is 6.78. The Balaban J connectivity index is 2.05. The molecular formula is C17H13BrN2O3. The Morgan fingerprint density at radius 3 is 2.52 bits per heavy atom. The van der Waals surface area contributed by atoms with Crippen LogP contribution in [0.2, 0.25) is 0 Å². The molecule has 0 heterocycles. The lowest BCUT2D eigenvalue weighted by atomic mass is 10.2. The molecule has 0 fully saturated rings. The van der Waals surface area contributed by atoms with Crippen LogP contribution in [-0.4, -0.2) is 18.0 Å². The van der Waals surface area contributed by atoms with Crippen molar-refractivity contribution in [1.82, 2.24) is 0 Å². The third kappa shape index (κ3) is 4.18. The molecule has 1 atom stereocenters. The second-order valence-electron chi connectivity index (χ2n) is 4.67. The van der Waals surface area contributed by atoms with Crippen LogP contribution in [0.4, 0.5) is 5.69 Å². The molecule has 2 aromatic rings. The summed E-state index contributed by atoms with van der Waals surface area (Å²) in [7, 11) is 0. The number of hydrogen-bond donors (Lipinski definition) is 1. The van der Waals surface area contributed by atoms with E-state index in [0.29, 0.717) is 21.3 Å². The third-order valence-electron chi connectivity index (χ3n) is 3.05. The van der Waals surface area contributed by atoms with Gasteiger partial charge in [-0.15, -0.1) is 0 Å². The van der Waals surface area contributed by atoms with Crippen LogP contribution in [0.3, 0.4) is 0 Å². The van der Waals surface area contributed by atoms with Crippen LogP contribution < -0.4 is 5.32 Å². The van der Waals surface area contributed by atoms with Gasteiger partial charge in [0.05, 0.1) is 16.8 Å². The van der Waals surface area contributed by atoms with Crippen molar-refractivity contribution in [3.05, 3.63) is 64.1 Å². The molecule has 1 unspecified atom stereocenters. The average Bonchev–Trinajstić information content (AvgIpc) is 2.55. The monoisotopic (exact) mass is 372 g/mol. The molecule has 0 bridgehead atoms. The van der Waals surface area contributed by atoms with Crippen molar-refractivity contribution in [3.63, 3.8) is 0 Å². The van der Waals surface area contributed by atoms with Crippen molar-refractivity contribution in [2.24, 2.45) is 0 Å². The summed E-state index contributed by atoms with van der Waals surface area (Å²) in [6, 6.07) is 15.4. The summed E-state index contributed by atoms with van der Waals surface area (Å²) in [6.45, 7) is 1.47. The van der Waals surface area contributed by atoms with Crippen molar-refractivity contribution in [2.75, 3.05) is 5.32 Å². The molecule has 2 rings (SSSR count). The van der Waals surface area contributed by atoms with Gasteiger partial charge >= 0.3 is 5.97 Å². The lowest BCUT2D eigenvalue weighted by Gasteiger charge is -2.14. The molecule has 0 aliphatic heterocycles. The fourth-order valence-electron chi connectivity index (χ4n) is 1.83. The largest absolute Gasteiger partial charge is 0.449 e. The van der Waals surface area contributed by atoms with E-state index in [1.54, 1.807) is 48.5 Å². The highest BCUT2D eigenvalue weighted by Crippen LogP contribution is 2.18. The van der Waals surface area contributed by atoms with Gasteiger partial charge in [0, 0.05) is 4.47 Å². The first-order chi connectivity index (χ1) is 11.0. The fourth-order valence-corrected chi connectivity index (χ4v) is 2.27. The number of carbonyl (C=O) groups is 2. The Hall–Kier alpha value is -2.65. The first kappa shape index (κ1) is 16.7. The number of halogens is 1. The van der Waals surface area contributed by atoms with E-state index in [4.69, 9.17) is 10.00 Å². The lowest BCUT2D eigenvalue weighted by Crippen LogP contribution is -2.30. The number of benzene rings is 2. The van der Waals surface area contributed by atoms with Crippen molar-refractivity contribution in [3.8, 4) is 6.07 Å². The molecule has 0 aromatic heterocycles. The van der Waals surface area contributed by atoms with Crippen molar-refractivity contribution >= 4 is 33.5 Å². The predicted octanol–water partition coefficient (Wildman–Crippen LogP) is 3.50. The van der Waals surface area contributed by atoms with Crippen LogP contribution in [0, 0.1) is 11.3 Å². The van der Waals surface area contributed by atoms with E-state index in [1.807, 2.05) is 6.07 Å². The molecule has 1 amide bonds. The Bertz CT molecular complexity index is 783. The van der Waals surface area contributed by atoms with E-state index in [2.05, 4.69) is 21.2 Å². The van der Waals surface area contributed by atoms with Crippen LogP contribution in [-0.2, 0) is 9.53 Å². The van der Waals surface area contributed by atoms with Crippen LogP contribution in [0.15, 0.2) is 53.0 Å². The fraction of sp³-hybridized carbons (Fsp3) is 0.118. The normalized spacial score (nSPS) is 11.2. The van der Waals surface area contributed by atoms with Crippen LogP contribution in [0.25, 0.3) is 0 Å². The van der Waals surface area contributed by atoms with E-state index in [1.165, 1.54) is 6.92 Å². The highest BCUT2D eigenvalue weighted by molar-refractivity contribution is 9.10. The number of esters is 1. The molecule has 6 heteroatoms. The van der Waals surface area contributed by atoms with E-state index in [0.717, 1.165) is 0 Å². The van der Waals surface area contributed by atoms with Gasteiger partial charge in [0.25, 0.3) is 5.91 Å². The maximum atomic E-state index is 12.1. The number of nitrogens with zero attached hydrogens (tertiary/aromatic N) is 1. The molecule has 0 saturated heterocycles. The molecule has 0 aliphatic rings. The zero-order valence-corrected chi connectivity index (χ0v) is 13.8. The van der Waals surface area contributed by atoms with E-state index in [-0.39, 0.29) is 0 Å². The zero-order chi connectivity index (χ0) is 16.8. The number of amides is 1. The molecule has 2 aromatic carbocycles. The molecule has 5 nitrogen and oxygen atoms in total. The van der Waals surface area contributed by atoms with Crippen LogP contribution >= 0.6 is 15.9 Å². The van der Waals surface area contributed by atoms with Crippen molar-refractivity contribution in [2.45, 2.75) is 13.0 Å². The standard InChI is InChI=1S/C17H13BrN2O3/c1-11(23-17(22)13-7-3-4-8-14(13)18)16(21)20-15-9-5-2-6-12(15)10-19/h2-9,11H,1H3,(H,20,21). The molecule has 0 spiro atoms. The number of hydrogen-bond acceptors (Lipinski definition) is 4. The Morgan fingerprint density at radius 2 is 1.83 bits per heavy atom. The number of para-hydroxylation sites is 1. The van der Waals surface area contributed by atoms with E-state index >= 15 is 0 Å². The lowest BCUT2D eigenvalue weighted by molar-refractivity contribution is -0.123. The minimum absolute atomic E-state index is 0.338. The minimum Gasteiger partial charge on any atom is -0.449 e. The van der Waals surface area contributed by atoms with Gasteiger partial charge in [0.15, 0.2) is 6.10 Å². The van der Waals surface area contributed by atoms with Gasteiger partial charge in [-0.25, -0.2) is 4.79 Å². The summed E-state index contributed by atoms with van der Waals surface area (Å²) in [4.78, 5) is 24.2. The number of carbonyl (C=O) groups excluding carboxylic acids is 2. The average molecular weight is 373 g/mol. The van der Waals surface area contributed by atoms with Gasteiger partial charge in [-0.1, -0.05) is 24.3 Å². The van der Waals surface area contributed by atoms with Crippen LogP contribution in [0.1, 0.15) is 22.8 Å². The first-order valence-corrected chi connectivity index (χ1v) is 7.57. The number of ether oxygens (including phenoxy) is 1. The minimum atomic E-state index is -0.999. The van der Waals surface area contributed by atoms with Gasteiger partial charge in [-0.2, -0.15) is 5.26 Å².